The van der Waals surface area contributed by atoms with Crippen LogP contribution < -0.4 is 10.4 Å². The van der Waals surface area contributed by atoms with Crippen LogP contribution >= 0.6 is 0 Å². The van der Waals surface area contributed by atoms with E-state index in [0.29, 0.717) is 0 Å². The summed E-state index contributed by atoms with van der Waals surface area (Å²) < 4.78 is 0. The van der Waals surface area contributed by atoms with Crippen LogP contribution in [0.1, 0.15) is 29.5 Å². The van der Waals surface area contributed by atoms with Gasteiger partial charge in [0.25, 0.3) is 0 Å². The lowest BCUT2D eigenvalue weighted by Crippen LogP contribution is -2.20. The van der Waals surface area contributed by atoms with Crippen LogP contribution in [0.3, 0.4) is 0 Å². The van der Waals surface area contributed by atoms with Crippen molar-refractivity contribution in [2.24, 2.45) is 0 Å². The molecule has 0 unspecified atom stereocenters. The molecule has 0 spiro atoms. The van der Waals surface area contributed by atoms with E-state index in [4.69, 9.17) is 0 Å². The summed E-state index contributed by atoms with van der Waals surface area (Å²) in [4.78, 5) is 0. The summed E-state index contributed by atoms with van der Waals surface area (Å²) in [7, 11) is -1.38. The van der Waals surface area contributed by atoms with Gasteiger partial charge < -0.3 is 5.11 Å². The number of benzene rings is 2. The first kappa shape index (κ1) is 14.4. The summed E-state index contributed by atoms with van der Waals surface area (Å²) in [6.07, 6.45) is 7.38. The molecule has 0 fully saturated rings. The van der Waals surface area contributed by atoms with E-state index < -0.39 is 8.07 Å². The topological polar surface area (TPSA) is 20.2 Å². The summed E-state index contributed by atoms with van der Waals surface area (Å²) in [6, 6.07) is 11.4. The highest BCUT2D eigenvalue weighted by Gasteiger charge is 2.50. The standard InChI is InChI=1S/C22H22OSi/c1-24(2)21-19-12-15-6-3-4-8-17(15)18(19)13-20(22(21)24)16-9-5-7-14(16)10-11-23/h3-8,13,23H,9-12H2,1-2H3. The first-order valence-electron chi connectivity index (χ1n) is 8.92. The third-order valence-corrected chi connectivity index (χ3v) is 9.35. The molecule has 0 atom stereocenters. The maximum atomic E-state index is 9.40. The average Bonchev–Trinajstić information content (AvgIpc) is 2.94. The largest absolute Gasteiger partial charge is 0.396 e. The highest BCUT2D eigenvalue weighted by atomic mass is 28.3. The Hall–Kier alpha value is -1.90. The first-order chi connectivity index (χ1) is 11.6. The predicted molar refractivity (Wildman–Crippen MR) is 104 cm³/mol. The van der Waals surface area contributed by atoms with Crippen LogP contribution in [0.5, 0.6) is 0 Å². The van der Waals surface area contributed by atoms with Crippen molar-refractivity contribution in [1.82, 2.24) is 0 Å². The molecular formula is C22H22OSi. The second-order valence-corrected chi connectivity index (χ2v) is 12.0. The van der Waals surface area contributed by atoms with Gasteiger partial charge in [0.15, 0.2) is 0 Å². The molecule has 2 aliphatic carbocycles. The maximum absolute atomic E-state index is 9.40. The molecule has 0 saturated carbocycles. The van der Waals surface area contributed by atoms with Gasteiger partial charge in [-0.05, 0) is 69.5 Å². The first-order valence-corrected chi connectivity index (χ1v) is 11.9. The molecule has 1 aliphatic heterocycles. The molecule has 0 aromatic heterocycles. The summed E-state index contributed by atoms with van der Waals surface area (Å²) >= 11 is 0. The molecule has 3 aliphatic rings. The highest BCUT2D eigenvalue weighted by molar-refractivity contribution is 7.16. The van der Waals surface area contributed by atoms with Crippen LogP contribution in [0.25, 0.3) is 16.7 Å². The molecule has 2 heteroatoms. The van der Waals surface area contributed by atoms with Gasteiger partial charge in [0.1, 0.15) is 8.07 Å². The average molecular weight is 331 g/mol. The fourth-order valence-electron chi connectivity index (χ4n) is 4.88. The monoisotopic (exact) mass is 330 g/mol. The van der Waals surface area contributed by atoms with E-state index in [2.05, 4.69) is 55.6 Å². The molecule has 2 aromatic carbocycles. The molecule has 120 valence electrons. The Bertz CT molecular complexity index is 947. The lowest BCUT2D eigenvalue weighted by atomic mass is 9.95. The van der Waals surface area contributed by atoms with E-state index >= 15 is 0 Å². The van der Waals surface area contributed by atoms with E-state index in [0.717, 1.165) is 19.3 Å². The molecule has 0 saturated heterocycles. The van der Waals surface area contributed by atoms with Gasteiger partial charge in [-0.3, -0.25) is 0 Å². The smallest absolute Gasteiger partial charge is 0.113 e. The summed E-state index contributed by atoms with van der Waals surface area (Å²) in [5, 5.41) is 12.8. The van der Waals surface area contributed by atoms with Crippen molar-refractivity contribution in [2.45, 2.75) is 32.4 Å². The summed E-state index contributed by atoms with van der Waals surface area (Å²) in [6.45, 7) is 5.23. The van der Waals surface area contributed by atoms with Crippen molar-refractivity contribution in [2.75, 3.05) is 6.61 Å². The molecule has 1 N–H and O–H groups in total. The van der Waals surface area contributed by atoms with Gasteiger partial charge in [0.05, 0.1) is 0 Å². The zero-order valence-corrected chi connectivity index (χ0v) is 15.3. The number of allylic oxidation sites excluding steroid dienone is 3. The van der Waals surface area contributed by atoms with Crippen LogP contribution in [0.2, 0.25) is 13.1 Å². The number of fused-ring (bicyclic) bond motifs is 5. The third kappa shape index (κ3) is 1.78. The van der Waals surface area contributed by atoms with Crippen molar-refractivity contribution in [3.05, 3.63) is 64.7 Å². The second-order valence-electron chi connectivity index (χ2n) is 7.74. The van der Waals surface area contributed by atoms with Gasteiger partial charge in [-0.2, -0.15) is 0 Å². The minimum Gasteiger partial charge on any atom is -0.396 e. The third-order valence-electron chi connectivity index (χ3n) is 6.03. The summed E-state index contributed by atoms with van der Waals surface area (Å²) in [5.41, 5.74) is 10.3. The van der Waals surface area contributed by atoms with E-state index in [1.54, 1.807) is 15.9 Å². The number of aliphatic hydroxyl groups excluding tert-OH is 1. The number of aliphatic hydroxyl groups is 1. The van der Waals surface area contributed by atoms with Crippen LogP contribution in [-0.4, -0.2) is 19.8 Å². The van der Waals surface area contributed by atoms with Gasteiger partial charge in [-0.25, -0.2) is 0 Å². The number of hydrogen-bond donors (Lipinski definition) is 1. The zero-order valence-electron chi connectivity index (χ0n) is 14.3. The van der Waals surface area contributed by atoms with Crippen LogP contribution in [0.4, 0.5) is 0 Å². The lowest BCUT2D eigenvalue weighted by Gasteiger charge is -2.10. The van der Waals surface area contributed by atoms with Crippen molar-refractivity contribution in [1.29, 1.82) is 0 Å². The fraction of sp³-hybridized carbons (Fsp3) is 0.273. The molecule has 0 bridgehead atoms. The van der Waals surface area contributed by atoms with Crippen molar-refractivity contribution in [3.63, 3.8) is 0 Å². The van der Waals surface area contributed by atoms with Crippen molar-refractivity contribution in [3.8, 4) is 11.1 Å². The Morgan fingerprint density at radius 3 is 2.71 bits per heavy atom. The van der Waals surface area contributed by atoms with Gasteiger partial charge in [0, 0.05) is 6.61 Å². The van der Waals surface area contributed by atoms with Crippen LogP contribution in [0.15, 0.2) is 48.1 Å². The molecule has 2 aromatic rings. The Morgan fingerprint density at radius 2 is 1.88 bits per heavy atom. The molecule has 0 amide bonds. The molecule has 5 rings (SSSR count). The van der Waals surface area contributed by atoms with Crippen LogP contribution in [0, 0.1) is 0 Å². The van der Waals surface area contributed by atoms with E-state index in [9.17, 15) is 5.11 Å². The van der Waals surface area contributed by atoms with E-state index in [1.165, 1.54) is 33.4 Å². The number of hydrogen-bond acceptors (Lipinski definition) is 1. The highest BCUT2D eigenvalue weighted by Crippen LogP contribution is 2.43. The Balaban J connectivity index is 1.75. The molecular weight excluding hydrogens is 308 g/mol. The molecule has 0 radical (unpaired) electrons. The Labute approximate surface area is 144 Å². The maximum Gasteiger partial charge on any atom is 0.113 e. The van der Waals surface area contributed by atoms with Crippen LogP contribution in [-0.2, 0) is 6.42 Å². The molecule has 1 heterocycles. The van der Waals surface area contributed by atoms with Gasteiger partial charge in [0.2, 0.25) is 0 Å². The van der Waals surface area contributed by atoms with Crippen molar-refractivity contribution >= 4 is 24.0 Å². The molecule has 24 heavy (non-hydrogen) atoms. The van der Waals surface area contributed by atoms with E-state index in [1.807, 2.05) is 0 Å². The minimum atomic E-state index is -1.38. The normalized spacial score (nSPS) is 18.6. The Kier molecular flexibility index (Phi) is 2.89. The number of rotatable bonds is 3. The minimum absolute atomic E-state index is 0.236. The van der Waals surface area contributed by atoms with Gasteiger partial charge in [-0.1, -0.05) is 54.7 Å². The second kappa shape index (κ2) is 4.81. The quantitative estimate of drug-likeness (QED) is 0.729. The van der Waals surface area contributed by atoms with Gasteiger partial charge >= 0.3 is 0 Å². The lowest BCUT2D eigenvalue weighted by molar-refractivity contribution is 0.300. The fourth-order valence-corrected chi connectivity index (χ4v) is 8.73. The molecule has 1 nitrogen and oxygen atoms in total. The predicted octanol–water partition coefficient (Wildman–Crippen LogP) is 3.49. The summed E-state index contributed by atoms with van der Waals surface area (Å²) in [5.74, 6) is 0. The zero-order chi connectivity index (χ0) is 16.5. The Morgan fingerprint density at radius 1 is 1.04 bits per heavy atom. The van der Waals surface area contributed by atoms with Crippen molar-refractivity contribution < 1.29 is 5.11 Å². The SMILES string of the molecule is C[Si]1(C)c2c(C3=C(CCO)C=CC3)cc3c(c21)Cc1ccccc1-3. The van der Waals surface area contributed by atoms with Gasteiger partial charge in [-0.15, -0.1) is 0 Å². The van der Waals surface area contributed by atoms with E-state index in [-0.39, 0.29) is 6.61 Å².